The smallest absolute Gasteiger partial charge is 0.239 e. The average molecular weight is 374 g/mol. The Kier molecular flexibility index (Phi) is 5.73. The van der Waals surface area contributed by atoms with E-state index in [1.54, 1.807) is 13.3 Å². The summed E-state index contributed by atoms with van der Waals surface area (Å²) in [6.07, 6.45) is 2.22. The SMILES string of the molecule is COc1ccccc1/C=N\N=C1/NC(=O)[C@H](Cc2ccc(Cl)cc2)S1. The van der Waals surface area contributed by atoms with Gasteiger partial charge in [-0.1, -0.05) is 47.6 Å². The number of nitrogens with one attached hydrogen (secondary N) is 1. The van der Waals surface area contributed by atoms with Gasteiger partial charge in [-0.05, 0) is 36.2 Å². The van der Waals surface area contributed by atoms with Gasteiger partial charge in [0, 0.05) is 10.6 Å². The van der Waals surface area contributed by atoms with Gasteiger partial charge in [-0.3, -0.25) is 4.79 Å². The molecule has 0 unspecified atom stereocenters. The van der Waals surface area contributed by atoms with Crippen LogP contribution in [0.15, 0.2) is 58.7 Å². The molecule has 2 aromatic carbocycles. The average Bonchev–Trinajstić information content (AvgIpc) is 2.97. The molecule has 1 fully saturated rings. The van der Waals surface area contributed by atoms with E-state index in [1.807, 2.05) is 48.5 Å². The van der Waals surface area contributed by atoms with Crippen molar-refractivity contribution in [2.45, 2.75) is 11.7 Å². The molecule has 2 aromatic rings. The zero-order chi connectivity index (χ0) is 17.6. The summed E-state index contributed by atoms with van der Waals surface area (Å²) >= 11 is 7.26. The normalized spacial score (nSPS) is 18.7. The summed E-state index contributed by atoms with van der Waals surface area (Å²) in [6.45, 7) is 0. The fourth-order valence-electron chi connectivity index (χ4n) is 2.34. The van der Waals surface area contributed by atoms with Crippen molar-refractivity contribution in [2.24, 2.45) is 10.2 Å². The van der Waals surface area contributed by atoms with Gasteiger partial charge >= 0.3 is 0 Å². The van der Waals surface area contributed by atoms with E-state index in [1.165, 1.54) is 11.8 Å². The molecule has 25 heavy (non-hydrogen) atoms. The summed E-state index contributed by atoms with van der Waals surface area (Å²) in [6, 6.07) is 15.0. The van der Waals surface area contributed by atoms with Gasteiger partial charge in [0.05, 0.1) is 18.6 Å². The van der Waals surface area contributed by atoms with E-state index >= 15 is 0 Å². The molecule has 0 spiro atoms. The number of hydrogen-bond donors (Lipinski definition) is 1. The molecule has 0 aromatic heterocycles. The number of benzene rings is 2. The van der Waals surface area contributed by atoms with Gasteiger partial charge < -0.3 is 10.1 Å². The topological polar surface area (TPSA) is 63.1 Å². The van der Waals surface area contributed by atoms with E-state index in [2.05, 4.69) is 15.5 Å². The van der Waals surface area contributed by atoms with Crippen molar-refractivity contribution in [2.75, 3.05) is 7.11 Å². The van der Waals surface area contributed by atoms with Crippen molar-refractivity contribution in [3.8, 4) is 5.75 Å². The van der Waals surface area contributed by atoms with Crippen molar-refractivity contribution in [3.05, 3.63) is 64.7 Å². The highest BCUT2D eigenvalue weighted by Crippen LogP contribution is 2.24. The van der Waals surface area contributed by atoms with E-state index in [4.69, 9.17) is 16.3 Å². The second-order valence-electron chi connectivity index (χ2n) is 5.32. The molecule has 1 atom stereocenters. The quantitative estimate of drug-likeness (QED) is 0.644. The fraction of sp³-hybridized carbons (Fsp3) is 0.167. The van der Waals surface area contributed by atoms with E-state index in [0.717, 1.165) is 16.9 Å². The van der Waals surface area contributed by atoms with Crippen LogP contribution in [0.3, 0.4) is 0 Å². The first-order valence-electron chi connectivity index (χ1n) is 7.61. The Hall–Kier alpha value is -2.31. The van der Waals surface area contributed by atoms with Gasteiger partial charge in [-0.25, -0.2) is 0 Å². The molecule has 1 aliphatic heterocycles. The number of hydrogen-bond acceptors (Lipinski definition) is 5. The Morgan fingerprint density at radius 2 is 2.00 bits per heavy atom. The minimum Gasteiger partial charge on any atom is -0.496 e. The predicted molar refractivity (Wildman–Crippen MR) is 103 cm³/mol. The van der Waals surface area contributed by atoms with Crippen molar-refractivity contribution >= 4 is 40.7 Å². The number of para-hydroxylation sites is 1. The third-order valence-corrected chi connectivity index (χ3v) is 4.92. The summed E-state index contributed by atoms with van der Waals surface area (Å²) in [5.74, 6) is 0.654. The lowest BCUT2D eigenvalue weighted by molar-refractivity contribution is -0.118. The fourth-order valence-corrected chi connectivity index (χ4v) is 3.43. The molecule has 0 aliphatic carbocycles. The van der Waals surface area contributed by atoms with Gasteiger partial charge in [-0.15, -0.1) is 5.10 Å². The number of nitrogens with zero attached hydrogens (tertiary/aromatic N) is 2. The molecule has 1 amide bonds. The van der Waals surface area contributed by atoms with E-state index < -0.39 is 0 Å². The first-order valence-corrected chi connectivity index (χ1v) is 8.87. The van der Waals surface area contributed by atoms with E-state index in [0.29, 0.717) is 16.6 Å². The van der Waals surface area contributed by atoms with Crippen LogP contribution < -0.4 is 10.1 Å². The number of thioether (sulfide) groups is 1. The number of halogens is 1. The first kappa shape index (κ1) is 17.5. The van der Waals surface area contributed by atoms with Crippen LogP contribution in [-0.4, -0.2) is 29.6 Å². The highest BCUT2D eigenvalue weighted by molar-refractivity contribution is 8.15. The Morgan fingerprint density at radius 1 is 1.24 bits per heavy atom. The van der Waals surface area contributed by atoms with Gasteiger partial charge in [0.2, 0.25) is 5.91 Å². The Morgan fingerprint density at radius 3 is 2.76 bits per heavy atom. The van der Waals surface area contributed by atoms with Gasteiger partial charge in [0.15, 0.2) is 5.17 Å². The lowest BCUT2D eigenvalue weighted by Gasteiger charge is -2.05. The maximum atomic E-state index is 12.1. The predicted octanol–water partition coefficient (Wildman–Crippen LogP) is 3.51. The van der Waals surface area contributed by atoms with Crippen LogP contribution in [0, 0.1) is 0 Å². The number of carbonyl (C=O) groups excluding carboxylic acids is 1. The largest absolute Gasteiger partial charge is 0.496 e. The zero-order valence-corrected chi connectivity index (χ0v) is 15.1. The number of methoxy groups -OCH3 is 1. The Balaban J connectivity index is 1.64. The third kappa shape index (κ3) is 4.61. The molecular weight excluding hydrogens is 358 g/mol. The standard InChI is InChI=1S/C18H16ClN3O2S/c1-24-15-5-3-2-4-13(15)11-20-22-18-21-17(23)16(25-18)10-12-6-8-14(19)9-7-12/h2-9,11,16H,10H2,1H3,(H,21,22,23)/b20-11-/t16-/m0/s1. The Bertz CT molecular complexity index is 821. The molecule has 1 N–H and O–H groups in total. The number of ether oxygens (including phenoxy) is 1. The second-order valence-corrected chi connectivity index (χ2v) is 6.95. The lowest BCUT2D eigenvalue weighted by atomic mass is 10.1. The van der Waals surface area contributed by atoms with Crippen molar-refractivity contribution in [1.29, 1.82) is 0 Å². The summed E-state index contributed by atoms with van der Waals surface area (Å²) in [5.41, 5.74) is 1.87. The van der Waals surface area contributed by atoms with Crippen LogP contribution in [-0.2, 0) is 11.2 Å². The molecule has 128 valence electrons. The summed E-state index contributed by atoms with van der Waals surface area (Å²) < 4.78 is 5.25. The monoisotopic (exact) mass is 373 g/mol. The van der Waals surface area contributed by atoms with Crippen LogP contribution in [0.2, 0.25) is 5.02 Å². The molecule has 7 heteroatoms. The lowest BCUT2D eigenvalue weighted by Crippen LogP contribution is -2.25. The minimum atomic E-state index is -0.221. The van der Waals surface area contributed by atoms with Gasteiger partial charge in [-0.2, -0.15) is 5.10 Å². The maximum Gasteiger partial charge on any atom is 0.239 e. The number of rotatable bonds is 5. The zero-order valence-electron chi connectivity index (χ0n) is 13.5. The van der Waals surface area contributed by atoms with Gasteiger partial charge in [0.1, 0.15) is 5.75 Å². The molecule has 0 saturated carbocycles. The van der Waals surface area contributed by atoms with Crippen LogP contribution >= 0.6 is 23.4 Å². The van der Waals surface area contributed by atoms with Crippen LogP contribution in [0.5, 0.6) is 5.75 Å². The highest BCUT2D eigenvalue weighted by atomic mass is 35.5. The summed E-state index contributed by atoms with van der Waals surface area (Å²) in [4.78, 5) is 12.1. The second kappa shape index (κ2) is 8.18. The van der Waals surface area contributed by atoms with Crippen molar-refractivity contribution in [1.82, 2.24) is 5.32 Å². The Labute approximate surface area is 155 Å². The minimum absolute atomic E-state index is 0.0637. The number of amidine groups is 1. The van der Waals surface area contributed by atoms with Gasteiger partial charge in [0.25, 0.3) is 0 Å². The summed E-state index contributed by atoms with van der Waals surface area (Å²) in [7, 11) is 1.60. The molecule has 1 aliphatic rings. The summed E-state index contributed by atoms with van der Waals surface area (Å²) in [5, 5.41) is 11.8. The molecule has 1 heterocycles. The maximum absolute atomic E-state index is 12.1. The van der Waals surface area contributed by atoms with Crippen molar-refractivity contribution < 1.29 is 9.53 Å². The number of carbonyl (C=O) groups is 1. The molecule has 1 saturated heterocycles. The molecular formula is C18H16ClN3O2S. The molecule has 3 rings (SSSR count). The van der Waals surface area contributed by atoms with Crippen LogP contribution in [0.1, 0.15) is 11.1 Å². The number of amides is 1. The van der Waals surface area contributed by atoms with E-state index in [9.17, 15) is 4.79 Å². The molecule has 0 radical (unpaired) electrons. The third-order valence-electron chi connectivity index (χ3n) is 3.60. The first-order chi connectivity index (χ1) is 12.2. The van der Waals surface area contributed by atoms with E-state index in [-0.39, 0.29) is 11.2 Å². The van der Waals surface area contributed by atoms with Crippen molar-refractivity contribution in [3.63, 3.8) is 0 Å². The highest BCUT2D eigenvalue weighted by Gasteiger charge is 2.30. The van der Waals surface area contributed by atoms with Crippen LogP contribution in [0.25, 0.3) is 0 Å². The van der Waals surface area contributed by atoms with Crippen LogP contribution in [0.4, 0.5) is 0 Å². The molecule has 5 nitrogen and oxygen atoms in total. The molecule has 0 bridgehead atoms.